The summed E-state index contributed by atoms with van der Waals surface area (Å²) in [7, 11) is 0. The highest BCUT2D eigenvalue weighted by Gasteiger charge is 2.14. The van der Waals surface area contributed by atoms with Gasteiger partial charge in [-0.05, 0) is 35.9 Å². The molecule has 1 unspecified atom stereocenters. The zero-order valence-electron chi connectivity index (χ0n) is 14.0. The number of nitrogens with one attached hydrogen (secondary N) is 2. The number of carbonyl (C=O) groups excluding carboxylic acids is 1. The molecule has 1 atom stereocenters. The number of hydrogen-bond acceptors (Lipinski definition) is 5. The van der Waals surface area contributed by atoms with E-state index in [-0.39, 0.29) is 18.1 Å². The lowest BCUT2D eigenvalue weighted by Gasteiger charge is -2.11. The first-order valence-electron chi connectivity index (χ1n) is 8.18. The fraction of sp³-hybridized carbons (Fsp3) is 0.111. The minimum absolute atomic E-state index is 0.0295. The molecular weight excluding hydrogens is 351 g/mol. The van der Waals surface area contributed by atoms with Crippen LogP contribution in [0.5, 0.6) is 0 Å². The number of H-pyrrole nitrogens is 1. The Morgan fingerprint density at radius 2 is 2.07 bits per heavy atom. The first-order chi connectivity index (χ1) is 13.1. The van der Waals surface area contributed by atoms with Crippen LogP contribution in [0, 0.1) is 5.82 Å². The van der Waals surface area contributed by atoms with E-state index in [1.54, 1.807) is 6.20 Å². The third-order valence-electron chi connectivity index (χ3n) is 4.13. The van der Waals surface area contributed by atoms with Crippen molar-refractivity contribution in [3.8, 4) is 5.69 Å². The molecule has 0 radical (unpaired) electrons. The van der Waals surface area contributed by atoms with Crippen LogP contribution in [0.25, 0.3) is 16.6 Å². The van der Waals surface area contributed by atoms with Crippen molar-refractivity contribution in [2.24, 2.45) is 0 Å². The van der Waals surface area contributed by atoms with Gasteiger partial charge in [0.05, 0.1) is 29.7 Å². The van der Waals surface area contributed by atoms with E-state index >= 15 is 0 Å². The van der Waals surface area contributed by atoms with Crippen molar-refractivity contribution in [1.82, 2.24) is 30.5 Å². The van der Waals surface area contributed by atoms with Crippen LogP contribution in [-0.2, 0) is 0 Å². The Bertz CT molecular complexity index is 1090. The monoisotopic (exact) mass is 366 g/mol. The summed E-state index contributed by atoms with van der Waals surface area (Å²) in [6.45, 7) is -0.0295. The van der Waals surface area contributed by atoms with Gasteiger partial charge in [0.15, 0.2) is 5.69 Å². The predicted molar refractivity (Wildman–Crippen MR) is 94.7 cm³/mol. The second kappa shape index (κ2) is 6.96. The minimum atomic E-state index is -0.951. The zero-order chi connectivity index (χ0) is 18.8. The van der Waals surface area contributed by atoms with Gasteiger partial charge in [0, 0.05) is 11.9 Å². The van der Waals surface area contributed by atoms with E-state index in [0.29, 0.717) is 5.56 Å². The molecule has 3 N–H and O–H groups in total. The highest BCUT2D eigenvalue weighted by atomic mass is 19.1. The van der Waals surface area contributed by atoms with Crippen LogP contribution in [0.15, 0.2) is 54.9 Å². The Hall–Kier alpha value is -3.59. The summed E-state index contributed by atoms with van der Waals surface area (Å²) >= 11 is 0. The van der Waals surface area contributed by atoms with Gasteiger partial charge in [-0.1, -0.05) is 17.3 Å². The van der Waals surface area contributed by atoms with E-state index in [2.05, 4.69) is 25.8 Å². The van der Waals surface area contributed by atoms with Crippen molar-refractivity contribution in [3.05, 3.63) is 71.9 Å². The molecular formula is C18H15FN6O2. The van der Waals surface area contributed by atoms with E-state index in [1.807, 2.05) is 18.2 Å². The fourth-order valence-corrected chi connectivity index (χ4v) is 2.65. The Morgan fingerprint density at radius 1 is 1.26 bits per heavy atom. The Balaban J connectivity index is 1.43. The van der Waals surface area contributed by atoms with Crippen LogP contribution in [0.4, 0.5) is 4.39 Å². The number of benzene rings is 2. The Kier molecular flexibility index (Phi) is 4.35. The third kappa shape index (κ3) is 3.53. The van der Waals surface area contributed by atoms with Gasteiger partial charge in [0.25, 0.3) is 5.91 Å². The van der Waals surface area contributed by atoms with Crippen molar-refractivity contribution in [2.45, 2.75) is 6.10 Å². The lowest BCUT2D eigenvalue weighted by atomic mass is 10.1. The number of aromatic nitrogens is 5. The lowest BCUT2D eigenvalue weighted by Crippen LogP contribution is -2.28. The zero-order valence-corrected chi connectivity index (χ0v) is 14.0. The number of amides is 1. The molecule has 2 heterocycles. The molecule has 2 aromatic carbocycles. The van der Waals surface area contributed by atoms with Crippen LogP contribution in [0.1, 0.15) is 22.2 Å². The first-order valence-corrected chi connectivity index (χ1v) is 8.18. The van der Waals surface area contributed by atoms with Crippen LogP contribution < -0.4 is 5.32 Å². The number of aromatic amines is 1. The molecule has 27 heavy (non-hydrogen) atoms. The van der Waals surface area contributed by atoms with Crippen molar-refractivity contribution < 1.29 is 14.3 Å². The maximum Gasteiger partial charge on any atom is 0.273 e. The largest absolute Gasteiger partial charge is 0.387 e. The molecule has 8 nitrogen and oxygen atoms in total. The van der Waals surface area contributed by atoms with Crippen molar-refractivity contribution in [1.29, 1.82) is 0 Å². The minimum Gasteiger partial charge on any atom is -0.387 e. The summed E-state index contributed by atoms with van der Waals surface area (Å²) in [4.78, 5) is 12.2. The molecule has 0 aliphatic carbocycles. The number of fused-ring (bicyclic) bond motifs is 1. The van der Waals surface area contributed by atoms with E-state index < -0.39 is 12.0 Å². The summed E-state index contributed by atoms with van der Waals surface area (Å²) < 4.78 is 14.4. The standard InChI is InChI=1S/C18H15FN6O2/c19-13-3-1-11(2-4-13)17(26)9-20-18(27)16-10-25(24-23-16)14-5-6-15-12(7-14)8-21-22-15/h1-8,10,17,26H,9H2,(H,20,27)(H,21,22). The molecule has 0 fully saturated rings. The van der Waals surface area contributed by atoms with Gasteiger partial charge in [-0.25, -0.2) is 9.07 Å². The van der Waals surface area contributed by atoms with Crippen molar-refractivity contribution in [3.63, 3.8) is 0 Å². The second-order valence-corrected chi connectivity index (χ2v) is 5.97. The fourth-order valence-electron chi connectivity index (χ4n) is 2.65. The van der Waals surface area contributed by atoms with Gasteiger partial charge in [0.2, 0.25) is 0 Å². The number of aliphatic hydroxyl groups is 1. The summed E-state index contributed by atoms with van der Waals surface area (Å²) in [6.07, 6.45) is 2.24. The number of halogens is 1. The van der Waals surface area contributed by atoms with Crippen molar-refractivity contribution >= 4 is 16.8 Å². The molecule has 4 rings (SSSR count). The quantitative estimate of drug-likeness (QED) is 0.499. The maximum atomic E-state index is 12.9. The molecule has 9 heteroatoms. The van der Waals surface area contributed by atoms with Gasteiger partial charge in [-0.3, -0.25) is 9.89 Å². The first kappa shape index (κ1) is 16.9. The van der Waals surface area contributed by atoms with Gasteiger partial charge in [-0.15, -0.1) is 5.10 Å². The number of rotatable bonds is 5. The predicted octanol–water partition coefficient (Wildman–Crippen LogP) is 1.75. The Morgan fingerprint density at radius 3 is 2.89 bits per heavy atom. The molecule has 2 aromatic heterocycles. The lowest BCUT2D eigenvalue weighted by molar-refractivity contribution is 0.0911. The van der Waals surface area contributed by atoms with Crippen LogP contribution in [0.2, 0.25) is 0 Å². The number of nitrogens with zero attached hydrogens (tertiary/aromatic N) is 4. The molecule has 0 saturated carbocycles. The smallest absolute Gasteiger partial charge is 0.273 e. The normalized spacial score (nSPS) is 12.2. The molecule has 0 aliphatic rings. The third-order valence-corrected chi connectivity index (χ3v) is 4.13. The molecule has 1 amide bonds. The van der Waals surface area contributed by atoms with Gasteiger partial charge in [0.1, 0.15) is 5.82 Å². The highest BCUT2D eigenvalue weighted by molar-refractivity contribution is 5.92. The molecule has 4 aromatic rings. The second-order valence-electron chi connectivity index (χ2n) is 5.97. The van der Waals surface area contributed by atoms with E-state index in [0.717, 1.165) is 16.6 Å². The number of hydrogen-bond donors (Lipinski definition) is 3. The van der Waals surface area contributed by atoms with E-state index in [1.165, 1.54) is 35.1 Å². The maximum absolute atomic E-state index is 12.9. The van der Waals surface area contributed by atoms with Gasteiger partial charge in [-0.2, -0.15) is 5.10 Å². The van der Waals surface area contributed by atoms with E-state index in [4.69, 9.17) is 0 Å². The molecule has 136 valence electrons. The van der Waals surface area contributed by atoms with Crippen molar-refractivity contribution in [2.75, 3.05) is 6.54 Å². The van der Waals surface area contributed by atoms with Crippen LogP contribution >= 0.6 is 0 Å². The number of aliphatic hydroxyl groups excluding tert-OH is 1. The summed E-state index contributed by atoms with van der Waals surface area (Å²) in [6, 6.07) is 11.0. The molecule has 0 aliphatic heterocycles. The average Bonchev–Trinajstić information content (AvgIpc) is 3.35. The van der Waals surface area contributed by atoms with Crippen LogP contribution in [-0.4, -0.2) is 42.7 Å². The van der Waals surface area contributed by atoms with Gasteiger partial charge < -0.3 is 10.4 Å². The molecule has 0 spiro atoms. The molecule has 0 saturated heterocycles. The topological polar surface area (TPSA) is 109 Å². The summed E-state index contributed by atoms with van der Waals surface area (Å²) in [5.41, 5.74) is 2.26. The average molecular weight is 366 g/mol. The number of carbonyl (C=O) groups is 1. The Labute approximate surface area is 152 Å². The SMILES string of the molecule is O=C(NCC(O)c1ccc(F)cc1)c1cn(-c2ccc3[nH]ncc3c2)nn1. The summed E-state index contributed by atoms with van der Waals surface area (Å²) in [5, 5.41) is 28.2. The van der Waals surface area contributed by atoms with E-state index in [9.17, 15) is 14.3 Å². The molecule has 0 bridgehead atoms. The van der Waals surface area contributed by atoms with Gasteiger partial charge >= 0.3 is 0 Å². The highest BCUT2D eigenvalue weighted by Crippen LogP contribution is 2.16. The van der Waals surface area contributed by atoms with Crippen LogP contribution in [0.3, 0.4) is 0 Å². The summed E-state index contributed by atoms with van der Waals surface area (Å²) in [5.74, 6) is -0.855.